The molecule has 0 bridgehead atoms. The molecule has 1 saturated heterocycles. The van der Waals surface area contributed by atoms with Crippen LogP contribution in [0.5, 0.6) is 0 Å². The number of imide groups is 1. The number of aryl methyl sites for hydroxylation is 1. The molecule has 4 aromatic rings. The molecule has 2 heterocycles. The molecule has 7 nitrogen and oxygen atoms in total. The first kappa shape index (κ1) is 25.1. The van der Waals surface area contributed by atoms with Crippen molar-refractivity contribution in [2.45, 2.75) is 20.4 Å². The number of para-hydroxylation sites is 1. The summed E-state index contributed by atoms with van der Waals surface area (Å²) in [5.41, 5.74) is 5.79. The van der Waals surface area contributed by atoms with Gasteiger partial charge in [-0.1, -0.05) is 48.5 Å². The topological polar surface area (TPSA) is 95.2 Å². The van der Waals surface area contributed by atoms with Gasteiger partial charge in [0.15, 0.2) is 0 Å². The number of nitrogens with one attached hydrogen (secondary N) is 1. The van der Waals surface area contributed by atoms with E-state index in [0.29, 0.717) is 17.8 Å². The maximum Gasteiger partial charge on any atom is 0.294 e. The molecule has 1 aliphatic rings. The van der Waals surface area contributed by atoms with Gasteiger partial charge in [0.2, 0.25) is 5.91 Å². The number of hydrogen-bond acceptors (Lipinski definition) is 5. The van der Waals surface area contributed by atoms with E-state index in [1.165, 1.54) is 0 Å². The Labute approximate surface area is 224 Å². The number of hydrogen-bond donors (Lipinski definition) is 1. The van der Waals surface area contributed by atoms with Crippen LogP contribution in [0.3, 0.4) is 0 Å². The summed E-state index contributed by atoms with van der Waals surface area (Å²) in [6.45, 7) is 4.00. The van der Waals surface area contributed by atoms with Crippen molar-refractivity contribution in [3.05, 3.63) is 106 Å². The Kier molecular flexibility index (Phi) is 6.86. The molecule has 1 fully saturated rings. The lowest BCUT2D eigenvalue weighted by Gasteiger charge is -2.12. The summed E-state index contributed by atoms with van der Waals surface area (Å²) < 4.78 is 2.11. The predicted octanol–water partition coefficient (Wildman–Crippen LogP) is 5.85. The second-order valence-corrected chi connectivity index (χ2v) is 10.1. The third kappa shape index (κ3) is 4.84. The van der Waals surface area contributed by atoms with Crippen LogP contribution in [0, 0.1) is 25.2 Å². The molecule has 0 unspecified atom stereocenters. The molecular formula is C30H24N4O3S. The van der Waals surface area contributed by atoms with E-state index in [9.17, 15) is 19.6 Å². The molecule has 38 heavy (non-hydrogen) atoms. The second-order valence-electron chi connectivity index (χ2n) is 9.06. The van der Waals surface area contributed by atoms with Gasteiger partial charge in [-0.25, -0.2) is 0 Å². The molecule has 0 saturated carbocycles. The summed E-state index contributed by atoms with van der Waals surface area (Å²) in [5, 5.41) is 12.7. The number of fused-ring (bicyclic) bond motifs is 1. The summed E-state index contributed by atoms with van der Waals surface area (Å²) in [6, 6.07) is 24.9. The van der Waals surface area contributed by atoms with Crippen LogP contribution in [0.1, 0.15) is 27.9 Å². The van der Waals surface area contributed by atoms with Gasteiger partial charge in [0.1, 0.15) is 6.54 Å². The lowest BCUT2D eigenvalue weighted by Crippen LogP contribution is -2.36. The van der Waals surface area contributed by atoms with Crippen molar-refractivity contribution in [2.24, 2.45) is 0 Å². The number of amides is 3. The Bertz CT molecular complexity index is 1680. The van der Waals surface area contributed by atoms with Crippen LogP contribution in [0.2, 0.25) is 0 Å². The van der Waals surface area contributed by atoms with E-state index in [2.05, 4.69) is 16.0 Å². The summed E-state index contributed by atoms with van der Waals surface area (Å²) in [7, 11) is 0. The molecule has 3 amide bonds. The largest absolute Gasteiger partial charge is 0.340 e. The zero-order valence-corrected chi connectivity index (χ0v) is 21.7. The van der Waals surface area contributed by atoms with Crippen molar-refractivity contribution < 1.29 is 14.4 Å². The van der Waals surface area contributed by atoms with Crippen molar-refractivity contribution in [3.63, 3.8) is 0 Å². The van der Waals surface area contributed by atoms with Crippen molar-refractivity contribution in [2.75, 3.05) is 11.9 Å². The van der Waals surface area contributed by atoms with Gasteiger partial charge < -0.3 is 9.88 Å². The van der Waals surface area contributed by atoms with Crippen molar-refractivity contribution in [1.29, 1.82) is 5.26 Å². The fourth-order valence-electron chi connectivity index (χ4n) is 4.62. The van der Waals surface area contributed by atoms with Crippen LogP contribution < -0.4 is 5.32 Å². The van der Waals surface area contributed by atoms with E-state index in [1.807, 2.05) is 74.5 Å². The van der Waals surface area contributed by atoms with Crippen LogP contribution >= 0.6 is 11.8 Å². The quantitative estimate of drug-likeness (QED) is 0.322. The highest BCUT2D eigenvalue weighted by Gasteiger charge is 2.36. The Balaban J connectivity index is 1.43. The molecule has 0 spiro atoms. The summed E-state index contributed by atoms with van der Waals surface area (Å²) in [4.78, 5) is 39.7. The predicted molar refractivity (Wildman–Crippen MR) is 149 cm³/mol. The number of nitrogens with zero attached hydrogens (tertiary/aromatic N) is 3. The molecule has 3 aromatic carbocycles. The third-order valence-corrected chi connectivity index (χ3v) is 7.41. The molecule has 1 aromatic heterocycles. The van der Waals surface area contributed by atoms with Crippen LogP contribution in [0.25, 0.3) is 17.0 Å². The molecular weight excluding hydrogens is 496 g/mol. The smallest absolute Gasteiger partial charge is 0.294 e. The number of thioether (sulfide) groups is 1. The van der Waals surface area contributed by atoms with Crippen LogP contribution in [-0.4, -0.2) is 33.1 Å². The first-order valence-electron chi connectivity index (χ1n) is 12.0. The van der Waals surface area contributed by atoms with Gasteiger partial charge in [-0.05, 0) is 67.1 Å². The number of anilines is 1. The van der Waals surface area contributed by atoms with E-state index in [0.717, 1.165) is 49.9 Å². The number of rotatable bonds is 6. The molecule has 188 valence electrons. The van der Waals surface area contributed by atoms with Gasteiger partial charge in [-0.2, -0.15) is 5.26 Å². The Morgan fingerprint density at radius 1 is 1.03 bits per heavy atom. The minimum atomic E-state index is -0.495. The van der Waals surface area contributed by atoms with Gasteiger partial charge in [-0.3, -0.25) is 19.3 Å². The van der Waals surface area contributed by atoms with E-state index in [1.54, 1.807) is 18.2 Å². The van der Waals surface area contributed by atoms with Crippen LogP contribution in [-0.2, 0) is 16.1 Å². The van der Waals surface area contributed by atoms with E-state index >= 15 is 0 Å². The maximum absolute atomic E-state index is 13.2. The lowest BCUT2D eigenvalue weighted by atomic mass is 10.1. The first-order chi connectivity index (χ1) is 18.4. The molecule has 1 aliphatic heterocycles. The Hall–Kier alpha value is -4.61. The van der Waals surface area contributed by atoms with Gasteiger partial charge in [0, 0.05) is 34.4 Å². The second kappa shape index (κ2) is 10.4. The zero-order valence-electron chi connectivity index (χ0n) is 20.9. The fourth-order valence-corrected chi connectivity index (χ4v) is 5.44. The van der Waals surface area contributed by atoms with E-state index in [-0.39, 0.29) is 11.4 Å². The van der Waals surface area contributed by atoms with Crippen molar-refractivity contribution in [3.8, 4) is 6.07 Å². The Morgan fingerprint density at radius 2 is 1.79 bits per heavy atom. The summed E-state index contributed by atoms with van der Waals surface area (Å²) >= 11 is 0.830. The number of aromatic nitrogens is 1. The Morgan fingerprint density at radius 3 is 2.58 bits per heavy atom. The highest BCUT2D eigenvalue weighted by atomic mass is 32.2. The summed E-state index contributed by atoms with van der Waals surface area (Å²) in [6.07, 6.45) is 1.73. The minimum absolute atomic E-state index is 0.266. The average molecular weight is 521 g/mol. The minimum Gasteiger partial charge on any atom is -0.340 e. The highest BCUT2D eigenvalue weighted by Crippen LogP contribution is 2.36. The van der Waals surface area contributed by atoms with Gasteiger partial charge >= 0.3 is 0 Å². The van der Waals surface area contributed by atoms with Crippen LogP contribution in [0.4, 0.5) is 10.5 Å². The standard InChI is InChI=1S/C30H24N4O3S/c1-19-8-7-11-23(14-19)32-28(35)18-34-29(36)27(38-30(34)37)15-25-20(2)33(26-13-6-5-12-24(25)26)17-22-10-4-3-9-21(22)16-31/h3-15H,17-18H2,1-2H3,(H,32,35)/b27-15-. The zero-order chi connectivity index (χ0) is 26.8. The monoisotopic (exact) mass is 520 g/mol. The average Bonchev–Trinajstić information content (AvgIpc) is 3.32. The normalized spacial score (nSPS) is 14.3. The maximum atomic E-state index is 13.2. The van der Waals surface area contributed by atoms with Gasteiger partial charge in [0.05, 0.1) is 16.5 Å². The lowest BCUT2D eigenvalue weighted by molar-refractivity contribution is -0.127. The fraction of sp³-hybridized carbons (Fsp3) is 0.133. The molecule has 0 atom stereocenters. The number of benzene rings is 3. The molecule has 5 rings (SSSR count). The molecule has 0 aliphatic carbocycles. The third-order valence-electron chi connectivity index (χ3n) is 6.50. The van der Waals surface area contributed by atoms with Crippen molar-refractivity contribution >= 4 is 51.5 Å². The van der Waals surface area contributed by atoms with E-state index < -0.39 is 17.1 Å². The highest BCUT2D eigenvalue weighted by molar-refractivity contribution is 8.18. The molecule has 8 heteroatoms. The molecule has 0 radical (unpaired) electrons. The number of nitriles is 1. The van der Waals surface area contributed by atoms with Crippen LogP contribution in [0.15, 0.2) is 77.7 Å². The number of carbonyl (C=O) groups is 3. The van der Waals surface area contributed by atoms with Crippen molar-refractivity contribution in [1.82, 2.24) is 9.47 Å². The van der Waals surface area contributed by atoms with Gasteiger partial charge in [-0.15, -0.1) is 0 Å². The first-order valence-corrected chi connectivity index (χ1v) is 12.8. The van der Waals surface area contributed by atoms with E-state index in [4.69, 9.17) is 0 Å². The van der Waals surface area contributed by atoms with Gasteiger partial charge in [0.25, 0.3) is 11.1 Å². The summed E-state index contributed by atoms with van der Waals surface area (Å²) in [5.74, 6) is -0.937. The number of carbonyl (C=O) groups excluding carboxylic acids is 3. The SMILES string of the molecule is Cc1cccc(NC(=O)CN2C(=O)S/C(=C\c3c(C)n(Cc4ccccc4C#N)c4ccccc34)C2=O)c1. The molecule has 1 N–H and O–H groups in total.